The van der Waals surface area contributed by atoms with Crippen molar-refractivity contribution in [3.63, 3.8) is 0 Å². The van der Waals surface area contributed by atoms with Crippen LogP contribution in [-0.2, 0) is 10.0 Å². The summed E-state index contributed by atoms with van der Waals surface area (Å²) in [7, 11) is -2.23. The van der Waals surface area contributed by atoms with Crippen LogP contribution in [0.3, 0.4) is 0 Å². The number of hydrogen-bond donors (Lipinski definition) is 2. The molecule has 0 heterocycles. The lowest BCUT2D eigenvalue weighted by molar-refractivity contribution is 0.373. The molecule has 0 radical (unpaired) electrons. The van der Waals surface area contributed by atoms with Crippen LogP contribution in [0.5, 0.6) is 11.5 Å². The molecule has 0 bridgehead atoms. The zero-order valence-corrected chi connectivity index (χ0v) is 12.2. The van der Waals surface area contributed by atoms with Crippen LogP contribution in [0.25, 0.3) is 6.08 Å². The van der Waals surface area contributed by atoms with Crippen LogP contribution in [0.4, 0.5) is 5.69 Å². The third kappa shape index (κ3) is 4.25. The Kier molecular flexibility index (Phi) is 4.49. The first-order valence-corrected chi connectivity index (χ1v) is 7.68. The van der Waals surface area contributed by atoms with E-state index in [2.05, 4.69) is 4.72 Å². The number of nitrogens with one attached hydrogen (secondary N) is 1. The van der Waals surface area contributed by atoms with E-state index >= 15 is 0 Å². The van der Waals surface area contributed by atoms with E-state index in [-0.39, 0.29) is 17.2 Å². The first-order chi connectivity index (χ1) is 10.00. The molecule has 0 aliphatic rings. The van der Waals surface area contributed by atoms with Crippen molar-refractivity contribution in [2.75, 3.05) is 11.8 Å². The first-order valence-electron chi connectivity index (χ1n) is 6.13. The molecule has 0 saturated carbocycles. The van der Waals surface area contributed by atoms with E-state index in [9.17, 15) is 13.5 Å². The molecule has 0 unspecified atom stereocenters. The summed E-state index contributed by atoms with van der Waals surface area (Å²) >= 11 is 0. The fourth-order valence-corrected chi connectivity index (χ4v) is 2.54. The van der Waals surface area contributed by atoms with Gasteiger partial charge in [0.1, 0.15) is 0 Å². The SMILES string of the molecule is COc1ccc(NS(=O)(=O)/C=C/c2ccccc2)cc1O. The monoisotopic (exact) mass is 305 g/mol. The molecule has 0 aliphatic heterocycles. The number of benzene rings is 2. The van der Waals surface area contributed by atoms with E-state index in [1.165, 1.54) is 31.4 Å². The van der Waals surface area contributed by atoms with Gasteiger partial charge in [-0.25, -0.2) is 8.42 Å². The molecule has 0 atom stereocenters. The second kappa shape index (κ2) is 6.32. The Morgan fingerprint density at radius 1 is 1.14 bits per heavy atom. The van der Waals surface area contributed by atoms with Gasteiger partial charge in [-0.15, -0.1) is 0 Å². The Labute approximate surface area is 123 Å². The number of ether oxygens (including phenoxy) is 1. The van der Waals surface area contributed by atoms with Gasteiger partial charge in [-0.1, -0.05) is 30.3 Å². The second-order valence-corrected chi connectivity index (χ2v) is 5.81. The molecular weight excluding hydrogens is 290 g/mol. The van der Waals surface area contributed by atoms with Gasteiger partial charge in [-0.3, -0.25) is 4.72 Å². The number of methoxy groups -OCH3 is 1. The molecule has 5 nitrogen and oxygen atoms in total. The molecule has 0 fully saturated rings. The van der Waals surface area contributed by atoms with Gasteiger partial charge in [-0.2, -0.15) is 0 Å². The molecular formula is C15H15NO4S. The Morgan fingerprint density at radius 2 is 1.86 bits per heavy atom. The topological polar surface area (TPSA) is 75.6 Å². The van der Waals surface area contributed by atoms with Gasteiger partial charge in [0.05, 0.1) is 18.2 Å². The van der Waals surface area contributed by atoms with E-state index in [4.69, 9.17) is 4.74 Å². The van der Waals surface area contributed by atoms with Gasteiger partial charge >= 0.3 is 0 Å². The van der Waals surface area contributed by atoms with E-state index in [0.717, 1.165) is 11.0 Å². The standard InChI is InChI=1S/C15H15NO4S/c1-20-15-8-7-13(11-14(15)17)16-21(18,19)10-9-12-5-3-2-4-6-12/h2-11,16-17H,1H3/b10-9+. The lowest BCUT2D eigenvalue weighted by atomic mass is 10.2. The van der Waals surface area contributed by atoms with Crippen molar-refractivity contribution < 1.29 is 18.3 Å². The van der Waals surface area contributed by atoms with Crippen LogP contribution in [0.15, 0.2) is 53.9 Å². The largest absolute Gasteiger partial charge is 0.504 e. The molecule has 21 heavy (non-hydrogen) atoms. The van der Waals surface area contributed by atoms with Crippen molar-refractivity contribution >= 4 is 21.8 Å². The van der Waals surface area contributed by atoms with E-state index in [1.54, 1.807) is 12.1 Å². The Hall–Kier alpha value is -2.47. The van der Waals surface area contributed by atoms with E-state index in [0.29, 0.717) is 0 Å². The highest BCUT2D eigenvalue weighted by Gasteiger charge is 2.08. The lowest BCUT2D eigenvalue weighted by Gasteiger charge is -2.07. The van der Waals surface area contributed by atoms with Gasteiger partial charge in [0, 0.05) is 6.07 Å². The maximum Gasteiger partial charge on any atom is 0.255 e. The molecule has 2 N–H and O–H groups in total. The van der Waals surface area contributed by atoms with Crippen molar-refractivity contribution in [3.05, 3.63) is 59.5 Å². The fourth-order valence-electron chi connectivity index (χ4n) is 1.68. The average molecular weight is 305 g/mol. The highest BCUT2D eigenvalue weighted by molar-refractivity contribution is 7.95. The summed E-state index contributed by atoms with van der Waals surface area (Å²) in [5, 5.41) is 10.7. The molecule has 0 spiro atoms. The van der Waals surface area contributed by atoms with Crippen LogP contribution in [0.1, 0.15) is 5.56 Å². The zero-order chi connectivity index (χ0) is 15.3. The number of aromatic hydroxyl groups is 1. The normalized spacial score (nSPS) is 11.5. The number of sulfonamides is 1. The van der Waals surface area contributed by atoms with Gasteiger partial charge in [-0.05, 0) is 23.8 Å². The Morgan fingerprint density at radius 3 is 2.48 bits per heavy atom. The molecule has 0 aliphatic carbocycles. The van der Waals surface area contributed by atoms with Crippen molar-refractivity contribution in [3.8, 4) is 11.5 Å². The summed E-state index contributed by atoms with van der Waals surface area (Å²) in [5.74, 6) is 0.141. The number of phenolic OH excluding ortho intramolecular Hbond substituents is 1. The van der Waals surface area contributed by atoms with E-state index < -0.39 is 10.0 Å². The molecule has 2 aromatic carbocycles. The summed E-state index contributed by atoms with van der Waals surface area (Å²) < 4.78 is 31.1. The lowest BCUT2D eigenvalue weighted by Crippen LogP contribution is -2.08. The number of anilines is 1. The molecule has 110 valence electrons. The molecule has 0 aromatic heterocycles. The summed E-state index contributed by atoms with van der Waals surface area (Å²) in [6, 6.07) is 13.4. The summed E-state index contributed by atoms with van der Waals surface area (Å²) in [4.78, 5) is 0. The Balaban J connectivity index is 2.14. The molecule has 0 saturated heterocycles. The highest BCUT2D eigenvalue weighted by Crippen LogP contribution is 2.29. The minimum atomic E-state index is -3.65. The minimum Gasteiger partial charge on any atom is -0.504 e. The van der Waals surface area contributed by atoms with Crippen LogP contribution < -0.4 is 9.46 Å². The van der Waals surface area contributed by atoms with Crippen molar-refractivity contribution in [1.29, 1.82) is 0 Å². The number of phenols is 1. The van der Waals surface area contributed by atoms with E-state index in [1.807, 2.05) is 18.2 Å². The van der Waals surface area contributed by atoms with Gasteiger partial charge in [0.2, 0.25) is 0 Å². The zero-order valence-electron chi connectivity index (χ0n) is 11.4. The number of hydrogen-bond acceptors (Lipinski definition) is 4. The van der Waals surface area contributed by atoms with Gasteiger partial charge < -0.3 is 9.84 Å². The molecule has 2 aromatic rings. The second-order valence-electron chi connectivity index (χ2n) is 4.25. The van der Waals surface area contributed by atoms with Crippen molar-refractivity contribution in [1.82, 2.24) is 0 Å². The quantitative estimate of drug-likeness (QED) is 0.890. The number of rotatable bonds is 5. The molecule has 6 heteroatoms. The third-order valence-corrected chi connectivity index (χ3v) is 3.69. The average Bonchev–Trinajstić information content (AvgIpc) is 2.46. The fraction of sp³-hybridized carbons (Fsp3) is 0.0667. The van der Waals surface area contributed by atoms with Crippen LogP contribution in [0.2, 0.25) is 0 Å². The maximum atomic E-state index is 11.9. The van der Waals surface area contributed by atoms with Crippen molar-refractivity contribution in [2.24, 2.45) is 0 Å². The van der Waals surface area contributed by atoms with Crippen LogP contribution in [-0.4, -0.2) is 20.6 Å². The van der Waals surface area contributed by atoms with Crippen molar-refractivity contribution in [2.45, 2.75) is 0 Å². The maximum absolute atomic E-state index is 11.9. The first kappa shape index (κ1) is 14.9. The third-order valence-electron chi connectivity index (χ3n) is 2.68. The Bertz CT molecular complexity index is 740. The minimum absolute atomic E-state index is 0.135. The summed E-state index contributed by atoms with van der Waals surface area (Å²) in [6.45, 7) is 0. The highest BCUT2D eigenvalue weighted by atomic mass is 32.2. The molecule has 0 amide bonds. The predicted molar refractivity (Wildman–Crippen MR) is 82.7 cm³/mol. The molecule has 2 rings (SSSR count). The summed E-state index contributed by atoms with van der Waals surface area (Å²) in [6.07, 6.45) is 1.49. The van der Waals surface area contributed by atoms with Crippen LogP contribution in [0, 0.1) is 0 Å². The summed E-state index contributed by atoms with van der Waals surface area (Å²) in [5.41, 5.74) is 1.03. The predicted octanol–water partition coefficient (Wildman–Crippen LogP) is 2.81. The van der Waals surface area contributed by atoms with Crippen LogP contribution >= 0.6 is 0 Å². The van der Waals surface area contributed by atoms with Gasteiger partial charge in [0.15, 0.2) is 11.5 Å². The smallest absolute Gasteiger partial charge is 0.255 e. The van der Waals surface area contributed by atoms with Gasteiger partial charge in [0.25, 0.3) is 10.0 Å².